The van der Waals surface area contributed by atoms with Gasteiger partial charge in [-0.3, -0.25) is 14.4 Å². The fraction of sp³-hybridized carbons (Fsp3) is 0.565. The summed E-state index contributed by atoms with van der Waals surface area (Å²) in [4.78, 5) is 49.7. The number of carbonyl (C=O) groups is 4. The first-order valence-corrected chi connectivity index (χ1v) is 11.1. The lowest BCUT2D eigenvalue weighted by Crippen LogP contribution is -2.58. The Bertz CT molecular complexity index is 814. The van der Waals surface area contributed by atoms with Crippen LogP contribution in [0, 0.1) is 11.8 Å². The van der Waals surface area contributed by atoms with Gasteiger partial charge in [0.1, 0.15) is 23.9 Å². The number of hydrogen-bond donors (Lipinski definition) is 6. The van der Waals surface area contributed by atoms with E-state index in [1.54, 1.807) is 26.0 Å². The third-order valence-corrected chi connectivity index (χ3v) is 5.78. The normalized spacial score (nSPS) is 15.4. The van der Waals surface area contributed by atoms with Gasteiger partial charge in [-0.2, -0.15) is 0 Å². The van der Waals surface area contributed by atoms with Gasteiger partial charge in [-0.1, -0.05) is 52.7 Å². The van der Waals surface area contributed by atoms with Crippen LogP contribution in [0.15, 0.2) is 24.3 Å². The van der Waals surface area contributed by atoms with E-state index in [-0.39, 0.29) is 30.6 Å². The van der Waals surface area contributed by atoms with Crippen LogP contribution < -0.4 is 21.7 Å². The van der Waals surface area contributed by atoms with Crippen LogP contribution in [-0.4, -0.2) is 58.6 Å². The number of benzene rings is 1. The molecule has 0 saturated heterocycles. The number of phenols is 1. The number of aliphatic carboxylic acids is 1. The summed E-state index contributed by atoms with van der Waals surface area (Å²) in [5.74, 6) is -3.40. The Labute approximate surface area is 194 Å². The maximum Gasteiger partial charge on any atom is 0.326 e. The van der Waals surface area contributed by atoms with E-state index in [0.29, 0.717) is 18.4 Å². The van der Waals surface area contributed by atoms with Gasteiger partial charge in [-0.05, 0) is 29.5 Å². The average molecular weight is 465 g/mol. The van der Waals surface area contributed by atoms with E-state index in [0.717, 1.165) is 0 Å². The van der Waals surface area contributed by atoms with Crippen LogP contribution in [-0.2, 0) is 25.6 Å². The SMILES string of the molecule is CCC(C)C(NC(=O)C(Cc1ccc(O)cc1)NC(=O)C(NC(=O)CN)C(C)CC)C(=O)O. The zero-order chi connectivity index (χ0) is 25.1. The van der Waals surface area contributed by atoms with Crippen molar-refractivity contribution in [3.63, 3.8) is 0 Å². The van der Waals surface area contributed by atoms with Crippen molar-refractivity contribution in [2.75, 3.05) is 6.54 Å². The number of amides is 3. The highest BCUT2D eigenvalue weighted by Crippen LogP contribution is 2.14. The first kappa shape index (κ1) is 27.9. The maximum atomic E-state index is 13.1. The summed E-state index contributed by atoms with van der Waals surface area (Å²) in [7, 11) is 0. The molecule has 0 fully saturated rings. The van der Waals surface area contributed by atoms with Crippen molar-refractivity contribution in [3.8, 4) is 5.75 Å². The minimum absolute atomic E-state index is 0.0489. The van der Waals surface area contributed by atoms with Gasteiger partial charge in [0.15, 0.2) is 0 Å². The minimum Gasteiger partial charge on any atom is -0.508 e. The molecule has 3 amide bonds. The molecule has 0 bridgehead atoms. The molecule has 1 rings (SSSR count). The van der Waals surface area contributed by atoms with E-state index in [9.17, 15) is 29.4 Å². The molecule has 0 aromatic heterocycles. The first-order valence-electron chi connectivity index (χ1n) is 11.1. The molecule has 0 aliphatic carbocycles. The summed E-state index contributed by atoms with van der Waals surface area (Å²) in [5, 5.41) is 26.8. The average Bonchev–Trinajstić information content (AvgIpc) is 2.80. The Kier molecular flexibility index (Phi) is 11.3. The van der Waals surface area contributed by atoms with Crippen molar-refractivity contribution < 1.29 is 29.4 Å². The minimum atomic E-state index is -1.17. The van der Waals surface area contributed by atoms with Crippen LogP contribution in [0.25, 0.3) is 0 Å². The third-order valence-electron chi connectivity index (χ3n) is 5.78. The lowest BCUT2D eigenvalue weighted by molar-refractivity contribution is -0.143. The number of carboxylic acid groups (broad SMARTS) is 1. The molecule has 10 nitrogen and oxygen atoms in total. The Hall–Kier alpha value is -3.14. The van der Waals surface area contributed by atoms with Gasteiger partial charge in [-0.25, -0.2) is 4.79 Å². The molecule has 7 N–H and O–H groups in total. The highest BCUT2D eigenvalue weighted by Gasteiger charge is 2.32. The molecular weight excluding hydrogens is 428 g/mol. The summed E-state index contributed by atoms with van der Waals surface area (Å²) in [6, 6.07) is 2.98. The second-order valence-corrected chi connectivity index (χ2v) is 8.28. The van der Waals surface area contributed by atoms with Crippen molar-refractivity contribution in [2.24, 2.45) is 17.6 Å². The number of nitrogens with two attached hydrogens (primary N) is 1. The van der Waals surface area contributed by atoms with Crippen molar-refractivity contribution >= 4 is 23.7 Å². The number of aromatic hydroxyl groups is 1. The molecule has 5 atom stereocenters. The Morgan fingerprint density at radius 2 is 1.42 bits per heavy atom. The number of phenolic OH excluding ortho intramolecular Hbond substituents is 1. The molecular formula is C23H36N4O6. The standard InChI is InChI=1S/C23H36N4O6/c1-5-13(3)19(26-18(29)12-24)22(31)25-17(11-15-7-9-16(28)10-8-15)21(30)27-20(23(32)33)14(4)6-2/h7-10,13-14,17,19-20,28H,5-6,11-12,24H2,1-4H3,(H,25,31)(H,26,29)(H,27,30)(H,32,33). The van der Waals surface area contributed by atoms with E-state index in [1.165, 1.54) is 12.1 Å². The van der Waals surface area contributed by atoms with Crippen molar-refractivity contribution in [2.45, 2.75) is 65.1 Å². The Balaban J connectivity index is 3.17. The predicted octanol–water partition coefficient (Wildman–Crippen LogP) is 0.525. The lowest BCUT2D eigenvalue weighted by Gasteiger charge is -2.28. The van der Waals surface area contributed by atoms with E-state index < -0.39 is 41.8 Å². The molecule has 0 saturated carbocycles. The second kappa shape index (κ2) is 13.4. The quantitative estimate of drug-likeness (QED) is 0.247. The zero-order valence-electron chi connectivity index (χ0n) is 19.6. The van der Waals surface area contributed by atoms with Gasteiger partial charge < -0.3 is 31.9 Å². The first-order chi connectivity index (χ1) is 15.5. The van der Waals surface area contributed by atoms with Crippen LogP contribution in [0.3, 0.4) is 0 Å². The van der Waals surface area contributed by atoms with E-state index in [1.807, 2.05) is 13.8 Å². The smallest absolute Gasteiger partial charge is 0.326 e. The molecule has 0 heterocycles. The van der Waals surface area contributed by atoms with Crippen molar-refractivity contribution in [1.29, 1.82) is 0 Å². The van der Waals surface area contributed by atoms with Crippen molar-refractivity contribution in [3.05, 3.63) is 29.8 Å². The molecule has 33 heavy (non-hydrogen) atoms. The van der Waals surface area contributed by atoms with Gasteiger partial charge in [0.25, 0.3) is 0 Å². The maximum absolute atomic E-state index is 13.1. The van der Waals surface area contributed by atoms with E-state index in [4.69, 9.17) is 5.73 Å². The predicted molar refractivity (Wildman–Crippen MR) is 123 cm³/mol. The van der Waals surface area contributed by atoms with Crippen LogP contribution in [0.2, 0.25) is 0 Å². The number of rotatable bonds is 13. The molecule has 0 aliphatic rings. The summed E-state index contributed by atoms with van der Waals surface area (Å²) in [5.41, 5.74) is 6.01. The fourth-order valence-corrected chi connectivity index (χ4v) is 3.21. The molecule has 184 valence electrons. The van der Waals surface area contributed by atoms with Crippen LogP contribution in [0.5, 0.6) is 5.75 Å². The molecule has 0 aliphatic heterocycles. The van der Waals surface area contributed by atoms with Gasteiger partial charge in [0, 0.05) is 6.42 Å². The van der Waals surface area contributed by atoms with E-state index >= 15 is 0 Å². The summed E-state index contributed by atoms with van der Waals surface area (Å²) >= 11 is 0. The van der Waals surface area contributed by atoms with Crippen molar-refractivity contribution in [1.82, 2.24) is 16.0 Å². The van der Waals surface area contributed by atoms with Crippen LogP contribution in [0.1, 0.15) is 46.1 Å². The number of hydrogen-bond acceptors (Lipinski definition) is 6. The van der Waals surface area contributed by atoms with Gasteiger partial charge in [-0.15, -0.1) is 0 Å². The molecule has 0 spiro atoms. The Morgan fingerprint density at radius 1 is 0.879 bits per heavy atom. The number of carbonyl (C=O) groups excluding carboxylic acids is 3. The van der Waals surface area contributed by atoms with Gasteiger partial charge >= 0.3 is 5.97 Å². The monoisotopic (exact) mass is 464 g/mol. The molecule has 1 aromatic rings. The molecule has 1 aromatic carbocycles. The summed E-state index contributed by atoms with van der Waals surface area (Å²) < 4.78 is 0. The largest absolute Gasteiger partial charge is 0.508 e. The van der Waals surface area contributed by atoms with Crippen LogP contribution >= 0.6 is 0 Å². The van der Waals surface area contributed by atoms with Gasteiger partial charge in [0.05, 0.1) is 6.54 Å². The third kappa shape index (κ3) is 8.72. The number of carboxylic acids is 1. The molecule has 5 unspecified atom stereocenters. The second-order valence-electron chi connectivity index (χ2n) is 8.28. The highest BCUT2D eigenvalue weighted by molar-refractivity contribution is 5.94. The zero-order valence-corrected chi connectivity index (χ0v) is 19.6. The number of nitrogens with one attached hydrogen (secondary N) is 3. The lowest BCUT2D eigenvalue weighted by atomic mass is 9.96. The summed E-state index contributed by atoms with van der Waals surface area (Å²) in [6.07, 6.45) is 1.18. The topological polar surface area (TPSA) is 171 Å². The fourth-order valence-electron chi connectivity index (χ4n) is 3.21. The van der Waals surface area contributed by atoms with E-state index in [2.05, 4.69) is 16.0 Å². The molecule has 10 heteroatoms. The van der Waals surface area contributed by atoms with Gasteiger partial charge in [0.2, 0.25) is 17.7 Å². The van der Waals surface area contributed by atoms with Crippen LogP contribution in [0.4, 0.5) is 0 Å². The molecule has 0 radical (unpaired) electrons. The Morgan fingerprint density at radius 3 is 1.91 bits per heavy atom. The highest BCUT2D eigenvalue weighted by atomic mass is 16.4. The summed E-state index contributed by atoms with van der Waals surface area (Å²) in [6.45, 7) is 6.91.